The lowest BCUT2D eigenvalue weighted by molar-refractivity contribution is -0.130. The molecule has 178 valence electrons. The maximum absolute atomic E-state index is 13.1. The second-order valence-electron chi connectivity index (χ2n) is 10.9. The Hall–Kier alpha value is -2.25. The third-order valence-corrected chi connectivity index (χ3v) is 10.5. The molecule has 2 fully saturated rings. The van der Waals surface area contributed by atoms with E-state index in [1.54, 1.807) is 18.8 Å². The molecule has 0 spiro atoms. The van der Waals surface area contributed by atoms with Gasteiger partial charge in [0.2, 0.25) is 0 Å². The summed E-state index contributed by atoms with van der Waals surface area (Å²) in [6.45, 7) is 5.93. The zero-order valence-electron chi connectivity index (χ0n) is 20.7. The number of rotatable bonds is 3. The predicted molar refractivity (Wildman–Crippen MR) is 136 cm³/mol. The van der Waals surface area contributed by atoms with Gasteiger partial charge in [0.25, 0.3) is 0 Å². The van der Waals surface area contributed by atoms with E-state index in [1.807, 2.05) is 37.3 Å². The quantitative estimate of drug-likeness (QED) is 0.511. The lowest BCUT2D eigenvalue weighted by atomic mass is 9.51. The molecular formula is C30H34O3S. The van der Waals surface area contributed by atoms with Crippen LogP contribution in [0.15, 0.2) is 52.0 Å². The van der Waals surface area contributed by atoms with Crippen molar-refractivity contribution in [3.63, 3.8) is 0 Å². The highest BCUT2D eigenvalue weighted by Gasteiger charge is 2.62. The molecule has 2 unspecified atom stereocenters. The summed E-state index contributed by atoms with van der Waals surface area (Å²) >= 11 is 0. The Kier molecular flexibility index (Phi) is 5.84. The number of hydrogen-bond acceptors (Lipinski definition) is 3. The van der Waals surface area contributed by atoms with E-state index in [-0.39, 0.29) is 22.9 Å². The molecule has 1 aromatic rings. The van der Waals surface area contributed by atoms with E-state index in [0.717, 1.165) is 55.4 Å². The average molecular weight is 475 g/mol. The molecule has 1 aromatic carbocycles. The van der Waals surface area contributed by atoms with Gasteiger partial charge in [0.15, 0.2) is 5.78 Å². The number of carbonyl (C=O) groups is 2. The smallest absolute Gasteiger partial charge is 0.163 e. The third-order valence-electron chi connectivity index (χ3n) is 9.59. The van der Waals surface area contributed by atoms with Crippen molar-refractivity contribution >= 4 is 22.4 Å². The fraction of sp³-hybridized carbons (Fsp3) is 0.533. The van der Waals surface area contributed by atoms with Crippen molar-refractivity contribution < 1.29 is 13.8 Å². The molecule has 2 saturated carbocycles. The third kappa shape index (κ3) is 3.34. The molecule has 4 aliphatic carbocycles. The summed E-state index contributed by atoms with van der Waals surface area (Å²) in [7, 11) is -1.02. The second-order valence-corrected chi connectivity index (χ2v) is 12.3. The molecule has 6 atom stereocenters. The average Bonchev–Trinajstić information content (AvgIpc) is 3.12. The van der Waals surface area contributed by atoms with E-state index >= 15 is 0 Å². The highest BCUT2D eigenvalue weighted by molar-refractivity contribution is 7.84. The first-order valence-electron chi connectivity index (χ1n) is 12.6. The maximum Gasteiger partial charge on any atom is 0.163 e. The van der Waals surface area contributed by atoms with Crippen LogP contribution in [-0.2, 0) is 20.4 Å². The zero-order valence-corrected chi connectivity index (χ0v) is 21.5. The van der Waals surface area contributed by atoms with Gasteiger partial charge < -0.3 is 0 Å². The summed E-state index contributed by atoms with van der Waals surface area (Å²) in [6, 6.07) is 7.73. The van der Waals surface area contributed by atoms with E-state index in [0.29, 0.717) is 11.8 Å². The minimum atomic E-state index is -1.02. The van der Waals surface area contributed by atoms with Gasteiger partial charge >= 0.3 is 0 Å². The van der Waals surface area contributed by atoms with E-state index < -0.39 is 16.2 Å². The first kappa shape index (κ1) is 23.5. The topological polar surface area (TPSA) is 51.2 Å². The van der Waals surface area contributed by atoms with Crippen molar-refractivity contribution in [2.75, 3.05) is 6.26 Å². The first-order valence-corrected chi connectivity index (χ1v) is 14.1. The van der Waals surface area contributed by atoms with Crippen molar-refractivity contribution in [3.8, 4) is 11.8 Å². The van der Waals surface area contributed by atoms with E-state index in [1.165, 1.54) is 11.1 Å². The predicted octanol–water partition coefficient (Wildman–Crippen LogP) is 5.92. The van der Waals surface area contributed by atoms with Crippen LogP contribution >= 0.6 is 0 Å². The normalized spacial score (nSPS) is 35.4. The molecule has 0 N–H and O–H groups in total. The van der Waals surface area contributed by atoms with Crippen LogP contribution < -0.4 is 0 Å². The molecule has 4 heteroatoms. The summed E-state index contributed by atoms with van der Waals surface area (Å²) in [4.78, 5) is 26.8. The van der Waals surface area contributed by atoms with Gasteiger partial charge in [-0.15, -0.1) is 5.92 Å². The minimum absolute atomic E-state index is 0.0761. The number of fused-ring (bicyclic) bond motifs is 4. The SMILES string of the molecule is CC#C[C@]1(C(C)=O)CC[C@H]2[C@@H]3CCC4=CC(=O)C(c5ccc(S(C)=O)cc5)CC4=C3CC[C@@]21C. The van der Waals surface area contributed by atoms with Gasteiger partial charge in [0.1, 0.15) is 5.78 Å². The van der Waals surface area contributed by atoms with Gasteiger partial charge in [-0.1, -0.05) is 30.6 Å². The molecule has 0 aromatic heterocycles. The molecule has 0 bridgehead atoms. The van der Waals surface area contributed by atoms with Gasteiger partial charge in [0.05, 0.1) is 11.3 Å². The summed E-state index contributed by atoms with van der Waals surface area (Å²) in [5.41, 5.74) is 4.63. The summed E-state index contributed by atoms with van der Waals surface area (Å²) in [6.07, 6.45) is 10.3. The molecule has 0 heterocycles. The Bertz CT molecular complexity index is 1210. The van der Waals surface area contributed by atoms with Gasteiger partial charge in [0, 0.05) is 22.0 Å². The van der Waals surface area contributed by atoms with Crippen LogP contribution in [-0.4, -0.2) is 22.0 Å². The lowest BCUT2D eigenvalue weighted by Crippen LogP contribution is -2.48. The number of ketones is 2. The second kappa shape index (κ2) is 8.45. The Balaban J connectivity index is 1.50. The number of benzene rings is 1. The number of allylic oxidation sites excluding steroid dienone is 4. The molecule has 4 aliphatic rings. The standard InChI is InChI=1S/C30H34O3S/c1-5-14-30(19(2)31)16-13-27-24-11-8-21-17-28(32)26(20-6-9-22(10-7-20)34(4)33)18-25(21)23(24)12-15-29(27,30)3/h6-7,9-10,17,24,26-27H,8,11-13,15-16,18H2,1-4H3/t24-,26?,27+,29+,30-,34?/m1/s1. The molecular weight excluding hydrogens is 440 g/mol. The van der Waals surface area contributed by atoms with Gasteiger partial charge in [-0.2, -0.15) is 0 Å². The molecule has 0 saturated heterocycles. The van der Waals surface area contributed by atoms with Crippen molar-refractivity contribution in [2.45, 2.75) is 76.5 Å². The molecule has 0 radical (unpaired) electrons. The van der Waals surface area contributed by atoms with Crippen molar-refractivity contribution in [1.29, 1.82) is 0 Å². The molecule has 0 aliphatic heterocycles. The van der Waals surface area contributed by atoms with Gasteiger partial charge in [-0.3, -0.25) is 13.8 Å². The highest BCUT2D eigenvalue weighted by atomic mass is 32.2. The molecule has 5 rings (SSSR count). The minimum Gasteiger partial charge on any atom is -0.298 e. The fourth-order valence-electron chi connectivity index (χ4n) is 7.83. The Labute approximate surface area is 205 Å². The maximum atomic E-state index is 13.1. The summed E-state index contributed by atoms with van der Waals surface area (Å²) in [5, 5.41) is 0. The summed E-state index contributed by atoms with van der Waals surface area (Å²) < 4.78 is 11.8. The number of Topliss-reactive ketones (excluding diaryl/α,β-unsaturated/α-hetero) is 1. The summed E-state index contributed by atoms with van der Waals surface area (Å²) in [5.74, 6) is 7.73. The Morgan fingerprint density at radius 2 is 1.85 bits per heavy atom. The lowest BCUT2D eigenvalue weighted by Gasteiger charge is -2.51. The number of hydrogen-bond donors (Lipinski definition) is 0. The molecule has 3 nitrogen and oxygen atoms in total. The molecule has 34 heavy (non-hydrogen) atoms. The van der Waals surface area contributed by atoms with Crippen molar-refractivity contribution in [3.05, 3.63) is 52.6 Å². The van der Waals surface area contributed by atoms with Crippen LogP contribution in [0, 0.1) is 34.5 Å². The van der Waals surface area contributed by atoms with Crippen molar-refractivity contribution in [2.24, 2.45) is 22.7 Å². The van der Waals surface area contributed by atoms with Crippen molar-refractivity contribution in [1.82, 2.24) is 0 Å². The van der Waals surface area contributed by atoms with Crippen LogP contribution in [0.25, 0.3) is 0 Å². The van der Waals surface area contributed by atoms with Crippen LogP contribution in [0.1, 0.15) is 77.2 Å². The van der Waals surface area contributed by atoms with Crippen LogP contribution in [0.4, 0.5) is 0 Å². The van der Waals surface area contributed by atoms with Crippen LogP contribution in [0.3, 0.4) is 0 Å². The first-order chi connectivity index (χ1) is 16.2. The monoisotopic (exact) mass is 474 g/mol. The van der Waals surface area contributed by atoms with E-state index in [9.17, 15) is 13.8 Å². The van der Waals surface area contributed by atoms with E-state index in [4.69, 9.17) is 0 Å². The fourth-order valence-corrected chi connectivity index (χ4v) is 8.35. The van der Waals surface area contributed by atoms with Crippen LogP contribution in [0.2, 0.25) is 0 Å². The van der Waals surface area contributed by atoms with Gasteiger partial charge in [-0.05, 0) is 111 Å². The Morgan fingerprint density at radius 1 is 1.12 bits per heavy atom. The van der Waals surface area contributed by atoms with E-state index in [2.05, 4.69) is 18.8 Å². The van der Waals surface area contributed by atoms with Crippen LogP contribution in [0.5, 0.6) is 0 Å². The highest BCUT2D eigenvalue weighted by Crippen LogP contribution is 2.67. The largest absolute Gasteiger partial charge is 0.298 e. The zero-order chi connectivity index (χ0) is 24.3. The molecule has 0 amide bonds. The van der Waals surface area contributed by atoms with Gasteiger partial charge in [-0.25, -0.2) is 0 Å². The number of carbonyl (C=O) groups excluding carboxylic acids is 2. The Morgan fingerprint density at radius 3 is 2.50 bits per heavy atom.